The number of nitrogens with zero attached hydrogens (tertiary/aromatic N) is 1. The summed E-state index contributed by atoms with van der Waals surface area (Å²) < 4.78 is 5.16. The van der Waals surface area contributed by atoms with E-state index in [-0.39, 0.29) is 18.3 Å². The summed E-state index contributed by atoms with van der Waals surface area (Å²) in [5.41, 5.74) is 0.387. The Morgan fingerprint density at radius 2 is 2.08 bits per heavy atom. The summed E-state index contributed by atoms with van der Waals surface area (Å²) in [6.45, 7) is 0.148. The van der Waals surface area contributed by atoms with E-state index < -0.39 is 12.0 Å². The van der Waals surface area contributed by atoms with E-state index in [1.165, 1.54) is 22.3 Å². The van der Waals surface area contributed by atoms with Gasteiger partial charge < -0.3 is 9.64 Å². The second kappa shape index (κ2) is 7.80. The summed E-state index contributed by atoms with van der Waals surface area (Å²) in [4.78, 5) is 39.0. The lowest BCUT2D eigenvalue weighted by Gasteiger charge is -2.22. The fourth-order valence-corrected chi connectivity index (χ4v) is 3.64. The number of halogens is 1. The molecule has 1 aliphatic rings. The number of hydrogen-bond acceptors (Lipinski definition) is 5. The Balaban J connectivity index is 1.60. The van der Waals surface area contributed by atoms with Gasteiger partial charge in [0.25, 0.3) is 5.91 Å². The third-order valence-corrected chi connectivity index (χ3v) is 5.10. The number of esters is 1. The van der Waals surface area contributed by atoms with E-state index in [1.54, 1.807) is 30.3 Å². The van der Waals surface area contributed by atoms with Crippen LogP contribution in [0.2, 0.25) is 5.02 Å². The van der Waals surface area contributed by atoms with Crippen molar-refractivity contribution in [1.29, 1.82) is 0 Å². The highest BCUT2D eigenvalue weighted by Gasteiger charge is 2.36. The Hall–Kier alpha value is -2.18. The number of ether oxygens (including phenoxy) is 1. The fraction of sp³-hybridized carbons (Fsp3) is 0.278. The molecule has 0 spiro atoms. The van der Waals surface area contributed by atoms with Gasteiger partial charge in [0.05, 0.1) is 4.88 Å². The first-order valence-corrected chi connectivity index (χ1v) is 9.12. The van der Waals surface area contributed by atoms with Crippen molar-refractivity contribution in [3.05, 3.63) is 57.2 Å². The predicted octanol–water partition coefficient (Wildman–Crippen LogP) is 3.43. The Labute approximate surface area is 154 Å². The molecule has 3 rings (SSSR count). The van der Waals surface area contributed by atoms with Crippen molar-refractivity contribution in [2.75, 3.05) is 13.2 Å². The number of likely N-dealkylation sites (tertiary alicyclic amines) is 1. The minimum atomic E-state index is -0.637. The van der Waals surface area contributed by atoms with Crippen molar-refractivity contribution < 1.29 is 19.1 Å². The molecule has 2 aromatic rings. The molecular weight excluding hydrogens is 362 g/mol. The minimum absolute atomic E-state index is 0.171. The number of Topliss-reactive ketones (excluding diaryl/α,β-unsaturated/α-hetero) is 1. The summed E-state index contributed by atoms with van der Waals surface area (Å²) in [5, 5.41) is 2.26. The topological polar surface area (TPSA) is 63.7 Å². The molecule has 5 nitrogen and oxygen atoms in total. The first kappa shape index (κ1) is 17.6. The highest BCUT2D eigenvalue weighted by molar-refractivity contribution is 7.12. The number of carbonyl (C=O) groups excluding carboxylic acids is 3. The van der Waals surface area contributed by atoms with Crippen LogP contribution in [0.25, 0.3) is 0 Å². The zero-order chi connectivity index (χ0) is 17.8. The van der Waals surface area contributed by atoms with Crippen molar-refractivity contribution in [1.82, 2.24) is 4.90 Å². The number of hydrogen-bond donors (Lipinski definition) is 0. The van der Waals surface area contributed by atoms with E-state index in [4.69, 9.17) is 16.3 Å². The second-order valence-electron chi connectivity index (χ2n) is 5.68. The second-order valence-corrected chi connectivity index (χ2v) is 7.06. The number of amides is 1. The van der Waals surface area contributed by atoms with Gasteiger partial charge in [-0.3, -0.25) is 9.59 Å². The number of thiophene rings is 1. The van der Waals surface area contributed by atoms with Gasteiger partial charge >= 0.3 is 5.97 Å². The van der Waals surface area contributed by atoms with Crippen LogP contribution < -0.4 is 0 Å². The van der Waals surface area contributed by atoms with Crippen molar-refractivity contribution in [3.8, 4) is 0 Å². The number of benzene rings is 1. The molecular formula is C18H16ClNO4S. The molecule has 1 aromatic heterocycles. The van der Waals surface area contributed by atoms with Crippen LogP contribution in [0.5, 0.6) is 0 Å². The number of carbonyl (C=O) groups is 3. The maximum Gasteiger partial charge on any atom is 0.329 e. The summed E-state index contributed by atoms with van der Waals surface area (Å²) in [6.07, 6.45) is 1.28. The lowest BCUT2D eigenvalue weighted by molar-refractivity contribution is -0.147. The highest BCUT2D eigenvalue weighted by atomic mass is 35.5. The standard InChI is InChI=1S/C18H16ClNO4S/c19-13-5-1-4-12(10-13)15(21)11-24-18(23)14-6-2-8-20(14)17(22)16-7-3-9-25-16/h1,3-5,7,9-10,14H,2,6,8,11H2. The third kappa shape index (κ3) is 4.08. The van der Waals surface area contributed by atoms with E-state index in [2.05, 4.69) is 0 Å². The first-order chi connectivity index (χ1) is 12.1. The Morgan fingerprint density at radius 3 is 2.80 bits per heavy atom. The van der Waals surface area contributed by atoms with Crippen LogP contribution in [0.4, 0.5) is 0 Å². The van der Waals surface area contributed by atoms with E-state index >= 15 is 0 Å². The molecule has 1 atom stereocenters. The average molecular weight is 378 g/mol. The van der Waals surface area contributed by atoms with Crippen LogP contribution >= 0.6 is 22.9 Å². The molecule has 2 heterocycles. The van der Waals surface area contributed by atoms with Gasteiger partial charge in [-0.05, 0) is 36.4 Å². The van der Waals surface area contributed by atoms with Crippen LogP contribution in [0.3, 0.4) is 0 Å². The molecule has 0 N–H and O–H groups in total. The third-order valence-electron chi connectivity index (χ3n) is 4.01. The zero-order valence-electron chi connectivity index (χ0n) is 13.3. The largest absolute Gasteiger partial charge is 0.456 e. The van der Waals surface area contributed by atoms with Crippen LogP contribution in [0, 0.1) is 0 Å². The average Bonchev–Trinajstić information content (AvgIpc) is 3.30. The summed E-state index contributed by atoms with van der Waals surface area (Å²) in [6, 6.07) is 9.36. The SMILES string of the molecule is O=C(COC(=O)C1CCCN1C(=O)c1cccs1)c1cccc(Cl)c1. The van der Waals surface area contributed by atoms with Crippen molar-refractivity contribution >= 4 is 40.6 Å². The van der Waals surface area contributed by atoms with Gasteiger partial charge in [0.15, 0.2) is 12.4 Å². The van der Waals surface area contributed by atoms with Gasteiger partial charge in [0.1, 0.15) is 6.04 Å². The summed E-state index contributed by atoms with van der Waals surface area (Å²) >= 11 is 7.19. The normalized spacial score (nSPS) is 16.7. The van der Waals surface area contributed by atoms with E-state index in [9.17, 15) is 14.4 Å². The van der Waals surface area contributed by atoms with E-state index in [0.29, 0.717) is 28.4 Å². The molecule has 1 aromatic carbocycles. The first-order valence-electron chi connectivity index (χ1n) is 7.86. The highest BCUT2D eigenvalue weighted by Crippen LogP contribution is 2.23. The Morgan fingerprint density at radius 1 is 1.24 bits per heavy atom. The van der Waals surface area contributed by atoms with Gasteiger partial charge in [0, 0.05) is 17.1 Å². The van der Waals surface area contributed by atoms with Crippen molar-refractivity contribution in [2.24, 2.45) is 0 Å². The van der Waals surface area contributed by atoms with Crippen LogP contribution in [0.15, 0.2) is 41.8 Å². The molecule has 1 fully saturated rings. The lowest BCUT2D eigenvalue weighted by Crippen LogP contribution is -2.41. The van der Waals surface area contributed by atoms with Gasteiger partial charge in [-0.15, -0.1) is 11.3 Å². The molecule has 7 heteroatoms. The number of rotatable bonds is 5. The Bertz CT molecular complexity index is 790. The quantitative estimate of drug-likeness (QED) is 0.591. The minimum Gasteiger partial charge on any atom is -0.456 e. The molecule has 1 unspecified atom stereocenters. The van der Waals surface area contributed by atoms with Crippen molar-refractivity contribution in [2.45, 2.75) is 18.9 Å². The molecule has 1 amide bonds. The summed E-state index contributed by atoms with van der Waals surface area (Å²) in [7, 11) is 0. The van der Waals surface area contributed by atoms with Crippen LogP contribution in [-0.4, -0.2) is 41.8 Å². The molecule has 25 heavy (non-hydrogen) atoms. The monoisotopic (exact) mass is 377 g/mol. The maximum atomic E-state index is 12.5. The smallest absolute Gasteiger partial charge is 0.329 e. The lowest BCUT2D eigenvalue weighted by atomic mass is 10.1. The molecule has 0 aliphatic carbocycles. The zero-order valence-corrected chi connectivity index (χ0v) is 14.9. The van der Waals surface area contributed by atoms with Gasteiger partial charge in [-0.1, -0.05) is 29.8 Å². The number of ketones is 1. The molecule has 0 bridgehead atoms. The summed E-state index contributed by atoms with van der Waals surface area (Å²) in [5.74, 6) is -1.04. The molecule has 130 valence electrons. The van der Waals surface area contributed by atoms with Crippen LogP contribution in [0.1, 0.15) is 32.9 Å². The molecule has 0 radical (unpaired) electrons. The van der Waals surface area contributed by atoms with Crippen molar-refractivity contribution in [3.63, 3.8) is 0 Å². The predicted molar refractivity (Wildman–Crippen MR) is 95.1 cm³/mol. The van der Waals surface area contributed by atoms with Crippen LogP contribution in [-0.2, 0) is 9.53 Å². The van der Waals surface area contributed by atoms with Gasteiger partial charge in [-0.2, -0.15) is 0 Å². The van der Waals surface area contributed by atoms with Gasteiger partial charge in [0.2, 0.25) is 0 Å². The van der Waals surface area contributed by atoms with E-state index in [1.807, 2.05) is 5.38 Å². The maximum absolute atomic E-state index is 12.5. The van der Waals surface area contributed by atoms with E-state index in [0.717, 1.165) is 6.42 Å². The fourth-order valence-electron chi connectivity index (χ4n) is 2.77. The van der Waals surface area contributed by atoms with Gasteiger partial charge in [-0.25, -0.2) is 4.79 Å². The molecule has 0 saturated carbocycles. The molecule has 1 aliphatic heterocycles. The molecule has 1 saturated heterocycles. The Kier molecular flexibility index (Phi) is 5.50.